The van der Waals surface area contributed by atoms with E-state index in [2.05, 4.69) is 20.8 Å². The van der Waals surface area contributed by atoms with Gasteiger partial charge in [-0.15, -0.1) is 10.2 Å². The smallest absolute Gasteiger partial charge is 0.261 e. The summed E-state index contributed by atoms with van der Waals surface area (Å²) in [5.41, 5.74) is 2.35. The van der Waals surface area contributed by atoms with E-state index in [1.807, 2.05) is 31.2 Å². The molecule has 2 N–H and O–H groups in total. The van der Waals surface area contributed by atoms with Crippen molar-refractivity contribution < 1.29 is 14.0 Å². The molecule has 27 heavy (non-hydrogen) atoms. The second-order valence-electron chi connectivity index (χ2n) is 5.86. The van der Waals surface area contributed by atoms with Gasteiger partial charge in [-0.25, -0.2) is 0 Å². The fourth-order valence-electron chi connectivity index (χ4n) is 2.30. The van der Waals surface area contributed by atoms with Crippen LogP contribution in [0.2, 0.25) is 0 Å². The average molecular weight is 403 g/mol. The summed E-state index contributed by atoms with van der Waals surface area (Å²) in [7, 11) is 0. The van der Waals surface area contributed by atoms with Crippen molar-refractivity contribution in [3.05, 3.63) is 53.0 Å². The van der Waals surface area contributed by atoms with Gasteiger partial charge in [-0.05, 0) is 39.0 Å². The van der Waals surface area contributed by atoms with Gasteiger partial charge in [0.25, 0.3) is 5.91 Å². The summed E-state index contributed by atoms with van der Waals surface area (Å²) in [6, 6.07) is 9.26. The minimum atomic E-state index is -0.297. The standard InChI is InChI=1S/C18H18N4O3S2/c1-10-4-6-13(7-5-10)19-15(23)9-26-18-22-21-17(27-18)20-16(24)14-8-11(2)25-12(14)3/h4-8H,9H2,1-3H3,(H,19,23)(H,20,21,24). The molecule has 0 spiro atoms. The molecule has 7 nitrogen and oxygen atoms in total. The molecule has 3 aromatic rings. The van der Waals surface area contributed by atoms with Gasteiger partial charge in [0.2, 0.25) is 11.0 Å². The largest absolute Gasteiger partial charge is 0.466 e. The maximum Gasteiger partial charge on any atom is 0.261 e. The summed E-state index contributed by atoms with van der Waals surface area (Å²) < 4.78 is 5.96. The van der Waals surface area contributed by atoms with Gasteiger partial charge in [-0.3, -0.25) is 14.9 Å². The number of carbonyl (C=O) groups is 2. The first kappa shape index (κ1) is 19.1. The second-order valence-corrected chi connectivity index (χ2v) is 8.06. The van der Waals surface area contributed by atoms with E-state index in [0.717, 1.165) is 11.3 Å². The van der Waals surface area contributed by atoms with E-state index < -0.39 is 0 Å². The topological polar surface area (TPSA) is 97.1 Å². The van der Waals surface area contributed by atoms with Crippen LogP contribution >= 0.6 is 23.1 Å². The molecule has 2 heterocycles. The zero-order valence-corrected chi connectivity index (χ0v) is 16.7. The van der Waals surface area contributed by atoms with Gasteiger partial charge in [0.15, 0.2) is 4.34 Å². The summed E-state index contributed by atoms with van der Waals surface area (Å²) in [5, 5.41) is 13.8. The van der Waals surface area contributed by atoms with Crippen LogP contribution in [-0.2, 0) is 4.79 Å². The average Bonchev–Trinajstić information content (AvgIpc) is 3.21. The number of hydrogen-bond acceptors (Lipinski definition) is 7. The molecular weight excluding hydrogens is 384 g/mol. The molecule has 0 bridgehead atoms. The van der Waals surface area contributed by atoms with Crippen molar-refractivity contribution in [3.63, 3.8) is 0 Å². The molecule has 0 saturated heterocycles. The van der Waals surface area contributed by atoms with Crippen molar-refractivity contribution in [2.45, 2.75) is 25.1 Å². The van der Waals surface area contributed by atoms with Gasteiger partial charge in [0, 0.05) is 5.69 Å². The molecule has 1 aromatic carbocycles. The molecule has 0 radical (unpaired) electrons. The van der Waals surface area contributed by atoms with Gasteiger partial charge >= 0.3 is 0 Å². The van der Waals surface area contributed by atoms with E-state index in [1.54, 1.807) is 19.9 Å². The quantitative estimate of drug-likeness (QED) is 0.477. The highest BCUT2D eigenvalue weighted by Crippen LogP contribution is 2.26. The monoisotopic (exact) mass is 402 g/mol. The normalized spacial score (nSPS) is 10.6. The predicted octanol–water partition coefficient (Wildman–Crippen LogP) is 4.04. The molecule has 0 aliphatic rings. The minimum Gasteiger partial charge on any atom is -0.466 e. The molecule has 9 heteroatoms. The van der Waals surface area contributed by atoms with Gasteiger partial charge in [0.1, 0.15) is 11.5 Å². The molecule has 3 rings (SSSR count). The second kappa shape index (κ2) is 8.36. The maximum absolute atomic E-state index is 12.2. The summed E-state index contributed by atoms with van der Waals surface area (Å²) in [4.78, 5) is 24.3. The van der Waals surface area contributed by atoms with Crippen LogP contribution in [0.15, 0.2) is 39.1 Å². The Balaban J connectivity index is 1.51. The summed E-state index contributed by atoms with van der Waals surface area (Å²) >= 11 is 2.48. The zero-order valence-electron chi connectivity index (χ0n) is 15.0. The Morgan fingerprint density at radius 1 is 1.11 bits per heavy atom. The highest BCUT2D eigenvalue weighted by Gasteiger charge is 2.16. The van der Waals surface area contributed by atoms with Gasteiger partial charge in [-0.2, -0.15) is 0 Å². The lowest BCUT2D eigenvalue weighted by molar-refractivity contribution is -0.113. The highest BCUT2D eigenvalue weighted by molar-refractivity contribution is 8.01. The van der Waals surface area contributed by atoms with Crippen LogP contribution in [0.4, 0.5) is 10.8 Å². The fraction of sp³-hybridized carbons (Fsp3) is 0.222. The highest BCUT2D eigenvalue weighted by atomic mass is 32.2. The molecule has 0 saturated carbocycles. The molecule has 0 fully saturated rings. The number of benzene rings is 1. The minimum absolute atomic E-state index is 0.130. The maximum atomic E-state index is 12.2. The van der Waals surface area contributed by atoms with Crippen molar-refractivity contribution in [2.24, 2.45) is 0 Å². The van der Waals surface area contributed by atoms with Crippen molar-refractivity contribution in [1.29, 1.82) is 0 Å². The Kier molecular flexibility index (Phi) is 5.92. The predicted molar refractivity (Wildman–Crippen MR) is 107 cm³/mol. The Morgan fingerprint density at radius 2 is 1.85 bits per heavy atom. The number of nitrogens with zero attached hydrogens (tertiary/aromatic N) is 2. The van der Waals surface area contributed by atoms with Gasteiger partial charge in [0.05, 0.1) is 11.3 Å². The summed E-state index contributed by atoms with van der Waals surface area (Å²) in [6.45, 7) is 5.50. The summed E-state index contributed by atoms with van der Waals surface area (Å²) in [5.74, 6) is 1.00. The van der Waals surface area contributed by atoms with Crippen LogP contribution in [0.5, 0.6) is 0 Å². The third kappa shape index (κ3) is 5.18. The van der Waals surface area contributed by atoms with Crippen molar-refractivity contribution in [1.82, 2.24) is 10.2 Å². The fourth-order valence-corrected chi connectivity index (χ4v) is 3.85. The zero-order chi connectivity index (χ0) is 19.4. The van der Waals surface area contributed by atoms with Crippen molar-refractivity contribution >= 4 is 45.7 Å². The first-order chi connectivity index (χ1) is 12.9. The number of thioether (sulfide) groups is 1. The number of nitrogens with one attached hydrogen (secondary N) is 2. The molecule has 0 unspecified atom stereocenters. The number of rotatable bonds is 6. The molecule has 0 aliphatic heterocycles. The van der Waals surface area contributed by atoms with E-state index in [-0.39, 0.29) is 17.6 Å². The number of anilines is 2. The number of amides is 2. The van der Waals surface area contributed by atoms with E-state index >= 15 is 0 Å². The van der Waals surface area contributed by atoms with Crippen LogP contribution < -0.4 is 10.6 Å². The van der Waals surface area contributed by atoms with Crippen molar-refractivity contribution in [3.8, 4) is 0 Å². The number of furan rings is 1. The third-order valence-electron chi connectivity index (χ3n) is 3.57. The Hall–Kier alpha value is -2.65. The van der Waals surface area contributed by atoms with E-state index in [9.17, 15) is 9.59 Å². The Bertz CT molecular complexity index is 963. The number of carbonyl (C=O) groups excluding carboxylic acids is 2. The van der Waals surface area contributed by atoms with Crippen LogP contribution in [0.25, 0.3) is 0 Å². The third-order valence-corrected chi connectivity index (χ3v) is 5.55. The SMILES string of the molecule is Cc1ccc(NC(=O)CSc2nnc(NC(=O)c3cc(C)oc3C)s2)cc1. The molecule has 2 aromatic heterocycles. The first-order valence-electron chi connectivity index (χ1n) is 8.12. The first-order valence-corrected chi connectivity index (χ1v) is 9.92. The molecular formula is C18H18N4O3S2. The van der Waals surface area contributed by atoms with Crippen molar-refractivity contribution in [2.75, 3.05) is 16.4 Å². The number of aryl methyl sites for hydroxylation is 3. The lowest BCUT2D eigenvalue weighted by atomic mass is 10.2. The Labute approximate surface area is 164 Å². The van der Waals surface area contributed by atoms with Crippen LogP contribution in [0.3, 0.4) is 0 Å². The van der Waals surface area contributed by atoms with E-state index in [1.165, 1.54) is 23.1 Å². The number of hydrogen-bond donors (Lipinski definition) is 2. The van der Waals surface area contributed by atoms with Crippen LogP contribution in [0, 0.1) is 20.8 Å². The number of aromatic nitrogens is 2. The molecule has 140 valence electrons. The van der Waals surface area contributed by atoms with Crippen LogP contribution in [-0.4, -0.2) is 27.8 Å². The molecule has 0 atom stereocenters. The molecule has 0 aliphatic carbocycles. The lowest BCUT2D eigenvalue weighted by Gasteiger charge is -2.04. The summed E-state index contributed by atoms with van der Waals surface area (Å²) in [6.07, 6.45) is 0. The van der Waals surface area contributed by atoms with E-state index in [4.69, 9.17) is 4.42 Å². The van der Waals surface area contributed by atoms with Crippen LogP contribution in [0.1, 0.15) is 27.4 Å². The van der Waals surface area contributed by atoms with E-state index in [0.29, 0.717) is 26.6 Å². The van der Waals surface area contributed by atoms with Gasteiger partial charge in [-0.1, -0.05) is 40.8 Å². The lowest BCUT2D eigenvalue weighted by Crippen LogP contribution is -2.13. The Morgan fingerprint density at radius 3 is 2.52 bits per heavy atom. The van der Waals surface area contributed by atoms with Gasteiger partial charge < -0.3 is 9.73 Å². The molecule has 2 amide bonds.